The largest absolute Gasteiger partial charge is 0.326 e. The van der Waals surface area contributed by atoms with Gasteiger partial charge in [0.1, 0.15) is 5.82 Å². The molecule has 4 rings (SSSR count). The third-order valence-corrected chi connectivity index (χ3v) is 5.50. The summed E-state index contributed by atoms with van der Waals surface area (Å²) in [5.74, 6) is -0.0305. The van der Waals surface area contributed by atoms with Crippen LogP contribution in [0.15, 0.2) is 84.0 Å². The predicted molar refractivity (Wildman–Crippen MR) is 127 cm³/mol. The quantitative estimate of drug-likeness (QED) is 0.387. The van der Waals surface area contributed by atoms with Crippen molar-refractivity contribution in [2.75, 3.05) is 16.4 Å². The standard InChI is InChI=1S/C24H20FN5O2S/c1-16(31)26-19-9-11-20(12-10-19)27-22(32)15-33-24-29-28-23(17-5-3-2-4-6-17)30(24)21-13-7-18(25)8-14-21/h2-14H,15H2,1H3,(H,26,31)(H,27,32). The Bertz CT molecular complexity index is 1260. The molecule has 4 aromatic rings. The molecule has 0 saturated carbocycles. The number of carbonyl (C=O) groups excluding carboxylic acids is 2. The van der Waals surface area contributed by atoms with Crippen molar-refractivity contribution in [2.45, 2.75) is 12.1 Å². The molecule has 0 bridgehead atoms. The van der Waals surface area contributed by atoms with E-state index in [2.05, 4.69) is 20.8 Å². The van der Waals surface area contributed by atoms with Crippen molar-refractivity contribution < 1.29 is 14.0 Å². The summed E-state index contributed by atoms with van der Waals surface area (Å²) in [6.45, 7) is 1.43. The molecule has 2 amide bonds. The fourth-order valence-electron chi connectivity index (χ4n) is 3.13. The Hall–Kier alpha value is -3.98. The topological polar surface area (TPSA) is 88.9 Å². The van der Waals surface area contributed by atoms with Gasteiger partial charge in [-0.15, -0.1) is 10.2 Å². The fourth-order valence-corrected chi connectivity index (χ4v) is 3.88. The first kappa shape index (κ1) is 22.2. The second kappa shape index (κ2) is 10.1. The van der Waals surface area contributed by atoms with Gasteiger partial charge < -0.3 is 10.6 Å². The lowest BCUT2D eigenvalue weighted by atomic mass is 10.2. The minimum absolute atomic E-state index is 0.0988. The van der Waals surface area contributed by atoms with Crippen LogP contribution in [0.4, 0.5) is 15.8 Å². The molecule has 0 fully saturated rings. The van der Waals surface area contributed by atoms with Crippen LogP contribution in [0, 0.1) is 5.82 Å². The van der Waals surface area contributed by atoms with Gasteiger partial charge in [0.2, 0.25) is 11.8 Å². The normalized spacial score (nSPS) is 10.6. The van der Waals surface area contributed by atoms with Gasteiger partial charge in [-0.05, 0) is 48.5 Å². The number of benzene rings is 3. The van der Waals surface area contributed by atoms with E-state index < -0.39 is 0 Å². The van der Waals surface area contributed by atoms with Crippen molar-refractivity contribution in [1.29, 1.82) is 0 Å². The minimum atomic E-state index is -0.341. The highest BCUT2D eigenvalue weighted by atomic mass is 32.2. The van der Waals surface area contributed by atoms with Gasteiger partial charge in [-0.25, -0.2) is 4.39 Å². The molecule has 0 aliphatic heterocycles. The molecule has 0 radical (unpaired) electrons. The highest BCUT2D eigenvalue weighted by molar-refractivity contribution is 7.99. The molecule has 7 nitrogen and oxygen atoms in total. The van der Waals surface area contributed by atoms with Crippen molar-refractivity contribution >= 4 is 35.0 Å². The van der Waals surface area contributed by atoms with Gasteiger partial charge in [0.15, 0.2) is 11.0 Å². The summed E-state index contributed by atoms with van der Waals surface area (Å²) in [5.41, 5.74) is 2.80. The van der Waals surface area contributed by atoms with Gasteiger partial charge in [0, 0.05) is 29.5 Å². The number of hydrogen-bond donors (Lipinski definition) is 2. The number of rotatable bonds is 7. The van der Waals surface area contributed by atoms with E-state index in [9.17, 15) is 14.0 Å². The van der Waals surface area contributed by atoms with E-state index in [1.165, 1.54) is 30.8 Å². The number of nitrogens with one attached hydrogen (secondary N) is 2. The number of hydrogen-bond acceptors (Lipinski definition) is 5. The third kappa shape index (κ3) is 5.64. The molecule has 0 spiro atoms. The van der Waals surface area contributed by atoms with Gasteiger partial charge in [0.05, 0.1) is 5.75 Å². The van der Waals surface area contributed by atoms with E-state index >= 15 is 0 Å². The van der Waals surface area contributed by atoms with Gasteiger partial charge in [-0.3, -0.25) is 14.2 Å². The van der Waals surface area contributed by atoms with Crippen LogP contribution in [0.2, 0.25) is 0 Å². The number of nitrogens with zero attached hydrogens (tertiary/aromatic N) is 3. The van der Waals surface area contributed by atoms with E-state index in [4.69, 9.17) is 0 Å². The predicted octanol–water partition coefficient (Wildman–Crippen LogP) is 4.76. The molecule has 9 heteroatoms. The summed E-state index contributed by atoms with van der Waals surface area (Å²) < 4.78 is 15.3. The molecular formula is C24H20FN5O2S. The minimum Gasteiger partial charge on any atom is -0.326 e. The first-order valence-corrected chi connectivity index (χ1v) is 11.1. The maximum Gasteiger partial charge on any atom is 0.234 e. The number of halogens is 1. The van der Waals surface area contributed by atoms with Crippen molar-refractivity contribution in [3.63, 3.8) is 0 Å². The number of thioether (sulfide) groups is 1. The monoisotopic (exact) mass is 461 g/mol. The average Bonchev–Trinajstić information content (AvgIpc) is 3.24. The molecule has 0 atom stereocenters. The van der Waals surface area contributed by atoms with E-state index in [-0.39, 0.29) is 23.4 Å². The SMILES string of the molecule is CC(=O)Nc1ccc(NC(=O)CSc2nnc(-c3ccccc3)n2-c2ccc(F)cc2)cc1. The zero-order valence-corrected chi connectivity index (χ0v) is 18.5. The van der Waals surface area contributed by atoms with Gasteiger partial charge >= 0.3 is 0 Å². The lowest BCUT2D eigenvalue weighted by molar-refractivity contribution is -0.114. The fraction of sp³-hybridized carbons (Fsp3) is 0.0833. The van der Waals surface area contributed by atoms with Crippen molar-refractivity contribution in [3.05, 3.63) is 84.7 Å². The second-order valence-corrected chi connectivity index (χ2v) is 8.02. The van der Waals surface area contributed by atoms with Crippen molar-refractivity contribution in [2.24, 2.45) is 0 Å². The molecule has 0 aliphatic rings. The molecule has 33 heavy (non-hydrogen) atoms. The maximum atomic E-state index is 13.5. The second-order valence-electron chi connectivity index (χ2n) is 7.08. The summed E-state index contributed by atoms with van der Waals surface area (Å²) in [7, 11) is 0. The zero-order chi connectivity index (χ0) is 23.2. The van der Waals surface area contributed by atoms with Crippen LogP contribution >= 0.6 is 11.8 Å². The van der Waals surface area contributed by atoms with Crippen LogP contribution < -0.4 is 10.6 Å². The first-order valence-electron chi connectivity index (χ1n) is 10.1. The molecule has 166 valence electrons. The summed E-state index contributed by atoms with van der Waals surface area (Å²) in [4.78, 5) is 23.6. The first-order chi connectivity index (χ1) is 16.0. The Morgan fingerprint density at radius 1 is 0.879 bits per heavy atom. The van der Waals surface area contributed by atoms with E-state index in [1.54, 1.807) is 41.0 Å². The molecular weight excluding hydrogens is 441 g/mol. The third-order valence-electron chi connectivity index (χ3n) is 4.57. The lowest BCUT2D eigenvalue weighted by Gasteiger charge is -2.11. The maximum absolute atomic E-state index is 13.5. The molecule has 3 aromatic carbocycles. The smallest absolute Gasteiger partial charge is 0.234 e. The Balaban J connectivity index is 1.51. The molecule has 2 N–H and O–H groups in total. The van der Waals surface area contributed by atoms with Crippen LogP contribution in [0.1, 0.15) is 6.92 Å². The van der Waals surface area contributed by atoms with Gasteiger partial charge in [-0.1, -0.05) is 42.1 Å². The van der Waals surface area contributed by atoms with E-state index in [0.29, 0.717) is 28.0 Å². The summed E-state index contributed by atoms with van der Waals surface area (Å²) in [6.07, 6.45) is 0. The van der Waals surface area contributed by atoms with Crippen LogP contribution in [0.3, 0.4) is 0 Å². The number of carbonyl (C=O) groups is 2. The molecule has 0 saturated heterocycles. The zero-order valence-electron chi connectivity index (χ0n) is 17.7. The van der Waals surface area contributed by atoms with Crippen molar-refractivity contribution in [3.8, 4) is 17.1 Å². The van der Waals surface area contributed by atoms with Crippen LogP contribution in [0.25, 0.3) is 17.1 Å². The number of anilines is 2. The Morgan fingerprint density at radius 2 is 1.52 bits per heavy atom. The molecule has 0 unspecified atom stereocenters. The van der Waals surface area contributed by atoms with Gasteiger partial charge in [0.25, 0.3) is 0 Å². The Morgan fingerprint density at radius 3 is 2.15 bits per heavy atom. The van der Waals surface area contributed by atoms with E-state index in [0.717, 1.165) is 5.56 Å². The summed E-state index contributed by atoms with van der Waals surface area (Å²) in [6, 6.07) is 22.4. The number of aromatic nitrogens is 3. The summed E-state index contributed by atoms with van der Waals surface area (Å²) in [5, 5.41) is 14.6. The van der Waals surface area contributed by atoms with Crippen LogP contribution in [-0.4, -0.2) is 32.3 Å². The van der Waals surface area contributed by atoms with Crippen LogP contribution in [-0.2, 0) is 9.59 Å². The van der Waals surface area contributed by atoms with Crippen molar-refractivity contribution in [1.82, 2.24) is 14.8 Å². The highest BCUT2D eigenvalue weighted by Gasteiger charge is 2.17. The summed E-state index contributed by atoms with van der Waals surface area (Å²) >= 11 is 1.23. The Kier molecular flexibility index (Phi) is 6.80. The van der Waals surface area contributed by atoms with Crippen LogP contribution in [0.5, 0.6) is 0 Å². The highest BCUT2D eigenvalue weighted by Crippen LogP contribution is 2.28. The lowest BCUT2D eigenvalue weighted by Crippen LogP contribution is -2.14. The molecule has 1 aromatic heterocycles. The molecule has 0 aliphatic carbocycles. The molecule has 1 heterocycles. The van der Waals surface area contributed by atoms with E-state index in [1.807, 2.05) is 30.3 Å². The van der Waals surface area contributed by atoms with Gasteiger partial charge in [-0.2, -0.15) is 0 Å². The average molecular weight is 462 g/mol. The number of amides is 2. The Labute approximate surface area is 194 Å².